The Kier molecular flexibility index (Phi) is 4.07. The van der Waals surface area contributed by atoms with E-state index in [1.807, 2.05) is 0 Å². The second-order valence-electron chi connectivity index (χ2n) is 2.44. The molecule has 14 heavy (non-hydrogen) atoms. The molecule has 1 rings (SSSR count). The quantitative estimate of drug-likeness (QED) is 0.626. The summed E-state index contributed by atoms with van der Waals surface area (Å²) in [5.41, 5.74) is 0.0605. The van der Waals surface area contributed by atoms with Crippen molar-refractivity contribution in [3.05, 3.63) is 22.5 Å². The zero-order valence-electron chi connectivity index (χ0n) is 7.23. The van der Waals surface area contributed by atoms with Crippen LogP contribution in [0, 0.1) is 0 Å². The van der Waals surface area contributed by atoms with Gasteiger partial charge in [-0.05, 0) is 0 Å². The molecule has 0 atom stereocenters. The summed E-state index contributed by atoms with van der Waals surface area (Å²) in [5, 5.41) is 0.0631. The zero-order valence-corrected chi connectivity index (χ0v) is 9.57. The van der Waals surface area contributed by atoms with E-state index in [2.05, 4.69) is 20.9 Å². The highest BCUT2D eigenvalue weighted by Crippen LogP contribution is 2.35. The van der Waals surface area contributed by atoms with Crippen LogP contribution in [0.3, 0.4) is 0 Å². The third-order valence-electron chi connectivity index (χ3n) is 1.71. The molecule has 6 heteroatoms. The lowest BCUT2D eigenvalue weighted by molar-refractivity contribution is 0.149. The van der Waals surface area contributed by atoms with E-state index in [1.165, 1.54) is 13.3 Å². The summed E-state index contributed by atoms with van der Waals surface area (Å²) >= 11 is 8.67. The first kappa shape index (κ1) is 11.7. The van der Waals surface area contributed by atoms with Crippen LogP contribution >= 0.6 is 27.5 Å². The third kappa shape index (κ3) is 2.15. The van der Waals surface area contributed by atoms with Gasteiger partial charge in [-0.1, -0.05) is 27.5 Å². The third-order valence-corrected chi connectivity index (χ3v) is 2.57. The van der Waals surface area contributed by atoms with Crippen LogP contribution in [0.2, 0.25) is 5.15 Å². The Morgan fingerprint density at radius 2 is 2.29 bits per heavy atom. The van der Waals surface area contributed by atoms with Gasteiger partial charge in [0.1, 0.15) is 10.9 Å². The number of hydrogen-bond donors (Lipinski definition) is 0. The molecule has 2 nitrogen and oxygen atoms in total. The molecule has 1 heterocycles. The molecule has 1 aromatic rings. The van der Waals surface area contributed by atoms with Crippen molar-refractivity contribution >= 4 is 27.5 Å². The van der Waals surface area contributed by atoms with Crippen molar-refractivity contribution in [1.82, 2.24) is 4.98 Å². The van der Waals surface area contributed by atoms with E-state index in [1.54, 1.807) is 0 Å². The second kappa shape index (κ2) is 4.89. The van der Waals surface area contributed by atoms with E-state index < -0.39 is 6.43 Å². The maximum atomic E-state index is 12.6. The Hall–Kier alpha value is -0.420. The molecule has 0 N–H and O–H groups in total. The fraction of sp³-hybridized carbons (Fsp3) is 0.375. The van der Waals surface area contributed by atoms with Gasteiger partial charge in [0.05, 0.1) is 18.9 Å². The predicted octanol–water partition coefficient (Wildman–Crippen LogP) is 3.58. The molecule has 1 aromatic heterocycles. The van der Waals surface area contributed by atoms with Crippen molar-refractivity contribution < 1.29 is 13.5 Å². The summed E-state index contributed by atoms with van der Waals surface area (Å²) in [7, 11) is 1.40. The highest BCUT2D eigenvalue weighted by atomic mass is 79.9. The number of halogens is 4. The number of aromatic nitrogens is 1. The molecular formula is C8H7BrClF2NO. The summed E-state index contributed by atoms with van der Waals surface area (Å²) in [4.78, 5) is 3.62. The largest absolute Gasteiger partial charge is 0.495 e. The smallest absolute Gasteiger partial charge is 0.267 e. The summed E-state index contributed by atoms with van der Waals surface area (Å²) in [6.07, 6.45) is -1.33. The minimum Gasteiger partial charge on any atom is -0.495 e. The molecule has 0 aromatic carbocycles. The van der Waals surface area contributed by atoms with Gasteiger partial charge in [-0.25, -0.2) is 13.8 Å². The zero-order chi connectivity index (χ0) is 10.7. The van der Waals surface area contributed by atoms with Crippen molar-refractivity contribution in [3.63, 3.8) is 0 Å². The van der Waals surface area contributed by atoms with Gasteiger partial charge in [-0.15, -0.1) is 0 Å². The minimum atomic E-state index is -2.65. The molecule has 0 aliphatic heterocycles. The fourth-order valence-corrected chi connectivity index (χ4v) is 1.88. The van der Waals surface area contributed by atoms with E-state index in [9.17, 15) is 8.78 Å². The van der Waals surface area contributed by atoms with Crippen molar-refractivity contribution in [2.75, 3.05) is 7.11 Å². The highest BCUT2D eigenvalue weighted by molar-refractivity contribution is 9.08. The Balaban J connectivity index is 3.35. The molecule has 0 unspecified atom stereocenters. The lowest BCUT2D eigenvalue weighted by atomic mass is 10.1. The molecule has 0 fully saturated rings. The van der Waals surface area contributed by atoms with Crippen LogP contribution in [-0.4, -0.2) is 12.1 Å². The van der Waals surface area contributed by atoms with E-state index in [4.69, 9.17) is 16.3 Å². The number of methoxy groups -OCH3 is 1. The predicted molar refractivity (Wildman–Crippen MR) is 53.4 cm³/mol. The number of ether oxygens (including phenoxy) is 1. The lowest BCUT2D eigenvalue weighted by Crippen LogP contribution is -1.99. The number of hydrogen-bond acceptors (Lipinski definition) is 2. The van der Waals surface area contributed by atoms with Crippen molar-refractivity contribution in [2.45, 2.75) is 11.8 Å². The summed E-state index contributed by atoms with van der Waals surface area (Å²) in [5.74, 6) is 0.307. The minimum absolute atomic E-state index is 0.185. The first-order valence-electron chi connectivity index (χ1n) is 3.67. The molecular weight excluding hydrogens is 279 g/mol. The number of rotatable bonds is 3. The van der Waals surface area contributed by atoms with Crippen LogP contribution in [0.15, 0.2) is 6.20 Å². The first-order chi connectivity index (χ1) is 6.61. The monoisotopic (exact) mass is 285 g/mol. The number of pyridine rings is 1. The van der Waals surface area contributed by atoms with Crippen LogP contribution in [0.25, 0.3) is 0 Å². The Morgan fingerprint density at radius 3 is 2.71 bits per heavy atom. The van der Waals surface area contributed by atoms with Gasteiger partial charge < -0.3 is 4.74 Å². The molecule has 0 aliphatic carbocycles. The van der Waals surface area contributed by atoms with Gasteiger partial charge in [-0.2, -0.15) is 0 Å². The Morgan fingerprint density at radius 1 is 1.64 bits per heavy atom. The van der Waals surface area contributed by atoms with Crippen LogP contribution < -0.4 is 4.74 Å². The standard InChI is InChI=1S/C8H7BrClF2NO/c1-14-5-3-13-7(10)6(8(11)12)4(5)2-9/h3,8H,2H2,1H3. The van der Waals surface area contributed by atoms with Crippen LogP contribution in [0.5, 0.6) is 5.75 Å². The van der Waals surface area contributed by atoms with Gasteiger partial charge in [0.2, 0.25) is 0 Å². The molecule has 0 saturated carbocycles. The van der Waals surface area contributed by atoms with Crippen LogP contribution in [0.4, 0.5) is 8.78 Å². The molecule has 0 spiro atoms. The van der Waals surface area contributed by atoms with Crippen LogP contribution in [-0.2, 0) is 5.33 Å². The SMILES string of the molecule is COc1cnc(Cl)c(C(F)F)c1CBr. The van der Waals surface area contributed by atoms with E-state index in [0.717, 1.165) is 0 Å². The number of alkyl halides is 3. The van der Waals surface area contributed by atoms with Gasteiger partial charge in [0.15, 0.2) is 0 Å². The van der Waals surface area contributed by atoms with Gasteiger partial charge >= 0.3 is 0 Å². The van der Waals surface area contributed by atoms with Crippen LogP contribution in [0.1, 0.15) is 17.6 Å². The average molecular weight is 287 g/mol. The molecule has 0 saturated heterocycles. The highest BCUT2D eigenvalue weighted by Gasteiger charge is 2.21. The fourth-order valence-electron chi connectivity index (χ4n) is 1.06. The maximum absolute atomic E-state index is 12.6. The van der Waals surface area contributed by atoms with E-state index >= 15 is 0 Å². The van der Waals surface area contributed by atoms with Gasteiger partial charge in [0.25, 0.3) is 6.43 Å². The molecule has 0 amide bonds. The summed E-state index contributed by atoms with van der Waals surface area (Å²) in [6.45, 7) is 0. The van der Waals surface area contributed by atoms with Gasteiger partial charge in [-0.3, -0.25) is 0 Å². The molecule has 78 valence electrons. The van der Waals surface area contributed by atoms with E-state index in [-0.39, 0.29) is 16.0 Å². The first-order valence-corrected chi connectivity index (χ1v) is 5.17. The average Bonchev–Trinajstić information content (AvgIpc) is 2.16. The van der Waals surface area contributed by atoms with Crippen molar-refractivity contribution in [3.8, 4) is 5.75 Å². The van der Waals surface area contributed by atoms with Crippen molar-refractivity contribution in [2.24, 2.45) is 0 Å². The molecule has 0 bridgehead atoms. The lowest BCUT2D eigenvalue weighted by Gasteiger charge is -2.11. The maximum Gasteiger partial charge on any atom is 0.267 e. The number of nitrogens with zero attached hydrogens (tertiary/aromatic N) is 1. The molecule has 0 aliphatic rings. The Labute approximate surface area is 93.4 Å². The molecule has 0 radical (unpaired) electrons. The van der Waals surface area contributed by atoms with Crippen molar-refractivity contribution in [1.29, 1.82) is 0 Å². The summed E-state index contributed by atoms with van der Waals surface area (Å²) in [6, 6.07) is 0. The van der Waals surface area contributed by atoms with E-state index in [0.29, 0.717) is 11.3 Å². The topological polar surface area (TPSA) is 22.1 Å². The Bertz CT molecular complexity index is 335. The normalized spacial score (nSPS) is 10.7. The second-order valence-corrected chi connectivity index (χ2v) is 3.36. The van der Waals surface area contributed by atoms with Gasteiger partial charge in [0, 0.05) is 10.9 Å². The summed E-state index contributed by atoms with van der Waals surface area (Å²) < 4.78 is 30.1.